The molecule has 1 saturated heterocycles. The van der Waals surface area contributed by atoms with Crippen LogP contribution in [-0.4, -0.2) is 25.9 Å². The largest absolute Gasteiger partial charge is 0.359 e. The number of benzene rings is 1. The Morgan fingerprint density at radius 1 is 1.53 bits per heavy atom. The van der Waals surface area contributed by atoms with Gasteiger partial charge in [0.25, 0.3) is 0 Å². The van der Waals surface area contributed by atoms with Gasteiger partial charge in [-0.25, -0.2) is 4.39 Å². The predicted molar refractivity (Wildman–Crippen MR) is 57.6 cm³/mol. The van der Waals surface area contributed by atoms with Crippen molar-refractivity contribution in [3.63, 3.8) is 0 Å². The molecule has 1 aromatic carbocycles. The van der Waals surface area contributed by atoms with E-state index in [0.29, 0.717) is 6.61 Å². The molecule has 0 bridgehead atoms. The van der Waals surface area contributed by atoms with Crippen LogP contribution in [0.15, 0.2) is 18.2 Å². The second-order valence-corrected chi connectivity index (χ2v) is 3.74. The zero-order valence-electron chi connectivity index (χ0n) is 8.09. The van der Waals surface area contributed by atoms with Gasteiger partial charge in [0, 0.05) is 18.8 Å². The van der Waals surface area contributed by atoms with E-state index in [1.165, 1.54) is 6.07 Å². The molecule has 0 radical (unpaired) electrons. The van der Waals surface area contributed by atoms with Crippen LogP contribution in [0.4, 0.5) is 10.1 Å². The Morgan fingerprint density at radius 3 is 3.07 bits per heavy atom. The first-order valence-corrected chi connectivity index (χ1v) is 5.17. The number of hydrogen-bond donors (Lipinski definition) is 2. The maximum absolute atomic E-state index is 12.9. The number of morpholine rings is 1. The fourth-order valence-electron chi connectivity index (χ4n) is 1.43. The molecule has 15 heavy (non-hydrogen) atoms. The van der Waals surface area contributed by atoms with Gasteiger partial charge in [-0.1, -0.05) is 11.6 Å². The number of halogens is 2. The molecule has 0 spiro atoms. The minimum Gasteiger partial charge on any atom is -0.359 e. The van der Waals surface area contributed by atoms with Crippen LogP contribution in [0.2, 0.25) is 5.02 Å². The summed E-state index contributed by atoms with van der Waals surface area (Å²) in [5.41, 5.74) is 0.759. The lowest BCUT2D eigenvalue weighted by molar-refractivity contribution is 0.0468. The van der Waals surface area contributed by atoms with Crippen molar-refractivity contribution in [1.29, 1.82) is 0 Å². The maximum atomic E-state index is 12.9. The van der Waals surface area contributed by atoms with E-state index in [1.54, 1.807) is 12.1 Å². The molecule has 1 unspecified atom stereocenters. The van der Waals surface area contributed by atoms with Gasteiger partial charge in [-0.2, -0.15) is 0 Å². The summed E-state index contributed by atoms with van der Waals surface area (Å²) in [4.78, 5) is 0. The summed E-state index contributed by atoms with van der Waals surface area (Å²) in [7, 11) is 0. The van der Waals surface area contributed by atoms with Crippen LogP contribution >= 0.6 is 11.6 Å². The molecule has 0 saturated carbocycles. The van der Waals surface area contributed by atoms with E-state index in [9.17, 15) is 4.39 Å². The molecule has 1 fully saturated rings. The van der Waals surface area contributed by atoms with Gasteiger partial charge in [0.1, 0.15) is 12.0 Å². The Kier molecular flexibility index (Phi) is 3.41. The van der Waals surface area contributed by atoms with Gasteiger partial charge in [-0.05, 0) is 18.2 Å². The second-order valence-electron chi connectivity index (χ2n) is 3.34. The van der Waals surface area contributed by atoms with Gasteiger partial charge in [0.15, 0.2) is 0 Å². The summed E-state index contributed by atoms with van der Waals surface area (Å²) >= 11 is 5.66. The van der Waals surface area contributed by atoms with E-state index in [-0.39, 0.29) is 11.3 Å². The van der Waals surface area contributed by atoms with Gasteiger partial charge in [-0.15, -0.1) is 0 Å². The van der Waals surface area contributed by atoms with Gasteiger partial charge < -0.3 is 15.4 Å². The van der Waals surface area contributed by atoms with Crippen molar-refractivity contribution in [2.45, 2.75) is 6.23 Å². The fraction of sp³-hybridized carbons (Fsp3) is 0.400. The molecule has 5 heteroatoms. The van der Waals surface area contributed by atoms with Crippen LogP contribution in [0.1, 0.15) is 0 Å². The highest BCUT2D eigenvalue weighted by molar-refractivity contribution is 6.31. The molecule has 2 N–H and O–H groups in total. The van der Waals surface area contributed by atoms with Crippen molar-refractivity contribution in [2.75, 3.05) is 25.0 Å². The average Bonchev–Trinajstić information content (AvgIpc) is 2.25. The standard InChI is InChI=1S/C10H12ClFN2O/c11-8-5-7(1-2-9(8)12)14-10-6-13-3-4-15-10/h1-2,5,10,13-14H,3-4,6H2. The van der Waals surface area contributed by atoms with E-state index in [4.69, 9.17) is 16.3 Å². The Bertz CT molecular complexity index is 342. The molecule has 82 valence electrons. The monoisotopic (exact) mass is 230 g/mol. The van der Waals surface area contributed by atoms with Crippen LogP contribution in [-0.2, 0) is 4.74 Å². The van der Waals surface area contributed by atoms with Gasteiger partial charge >= 0.3 is 0 Å². The third-order valence-electron chi connectivity index (χ3n) is 2.17. The molecule has 1 aromatic rings. The van der Waals surface area contributed by atoms with Crippen molar-refractivity contribution in [1.82, 2.24) is 5.32 Å². The van der Waals surface area contributed by atoms with E-state index in [2.05, 4.69) is 10.6 Å². The normalized spacial score (nSPS) is 21.3. The first-order valence-electron chi connectivity index (χ1n) is 4.79. The molecule has 1 heterocycles. The quantitative estimate of drug-likeness (QED) is 0.814. The van der Waals surface area contributed by atoms with E-state index < -0.39 is 5.82 Å². The van der Waals surface area contributed by atoms with E-state index in [1.807, 2.05) is 0 Å². The zero-order valence-corrected chi connectivity index (χ0v) is 8.85. The summed E-state index contributed by atoms with van der Waals surface area (Å²) in [6.45, 7) is 2.27. The first-order chi connectivity index (χ1) is 7.25. The lowest BCUT2D eigenvalue weighted by Gasteiger charge is -2.25. The van der Waals surface area contributed by atoms with Gasteiger partial charge in [0.05, 0.1) is 11.6 Å². The van der Waals surface area contributed by atoms with E-state index >= 15 is 0 Å². The molecular weight excluding hydrogens is 219 g/mol. The van der Waals surface area contributed by atoms with Crippen LogP contribution in [0, 0.1) is 5.82 Å². The first kappa shape index (κ1) is 10.7. The third kappa shape index (κ3) is 2.81. The molecule has 2 rings (SSSR count). The molecule has 1 atom stereocenters. The molecule has 1 aliphatic heterocycles. The summed E-state index contributed by atoms with van der Waals surface area (Å²) in [6, 6.07) is 4.52. The summed E-state index contributed by atoms with van der Waals surface area (Å²) in [5, 5.41) is 6.41. The number of hydrogen-bond acceptors (Lipinski definition) is 3. The lowest BCUT2D eigenvalue weighted by atomic mass is 10.3. The number of ether oxygens (including phenoxy) is 1. The van der Waals surface area contributed by atoms with Crippen molar-refractivity contribution in [3.8, 4) is 0 Å². The SMILES string of the molecule is Fc1ccc(NC2CNCCO2)cc1Cl. The molecule has 1 aliphatic rings. The number of nitrogens with one attached hydrogen (secondary N) is 2. The predicted octanol–water partition coefficient (Wildman–Crippen LogP) is 1.84. The lowest BCUT2D eigenvalue weighted by Crippen LogP contribution is -2.42. The number of anilines is 1. The van der Waals surface area contributed by atoms with Gasteiger partial charge in [0.2, 0.25) is 0 Å². The van der Waals surface area contributed by atoms with Crippen LogP contribution in [0.5, 0.6) is 0 Å². The van der Waals surface area contributed by atoms with Gasteiger partial charge in [-0.3, -0.25) is 0 Å². The van der Waals surface area contributed by atoms with Crippen LogP contribution < -0.4 is 10.6 Å². The van der Waals surface area contributed by atoms with Crippen molar-refractivity contribution in [2.24, 2.45) is 0 Å². The van der Waals surface area contributed by atoms with E-state index in [0.717, 1.165) is 18.8 Å². The van der Waals surface area contributed by atoms with Crippen molar-refractivity contribution < 1.29 is 9.13 Å². The molecular formula is C10H12ClFN2O. The highest BCUT2D eigenvalue weighted by Gasteiger charge is 2.12. The topological polar surface area (TPSA) is 33.3 Å². The zero-order chi connectivity index (χ0) is 10.7. The van der Waals surface area contributed by atoms with Crippen molar-refractivity contribution in [3.05, 3.63) is 29.0 Å². The smallest absolute Gasteiger partial charge is 0.141 e. The number of rotatable bonds is 2. The Balaban J connectivity index is 2.00. The molecule has 3 nitrogen and oxygen atoms in total. The van der Waals surface area contributed by atoms with Crippen molar-refractivity contribution >= 4 is 17.3 Å². The average molecular weight is 231 g/mol. The van der Waals surface area contributed by atoms with Crippen LogP contribution in [0.25, 0.3) is 0 Å². The summed E-state index contributed by atoms with van der Waals surface area (Å²) < 4.78 is 18.3. The highest BCUT2D eigenvalue weighted by atomic mass is 35.5. The van der Waals surface area contributed by atoms with Crippen LogP contribution in [0.3, 0.4) is 0 Å². The molecule has 0 aliphatic carbocycles. The maximum Gasteiger partial charge on any atom is 0.141 e. The minimum absolute atomic E-state index is 0.0831. The Hall–Kier alpha value is -0.840. The third-order valence-corrected chi connectivity index (χ3v) is 2.46. The minimum atomic E-state index is -0.412. The fourth-order valence-corrected chi connectivity index (χ4v) is 1.61. The highest BCUT2D eigenvalue weighted by Crippen LogP contribution is 2.20. The summed E-state index contributed by atoms with van der Waals surface area (Å²) in [6.07, 6.45) is -0.0831. The molecule has 0 amide bonds. The second kappa shape index (κ2) is 4.79. The Morgan fingerprint density at radius 2 is 2.40 bits per heavy atom. The summed E-state index contributed by atoms with van der Waals surface area (Å²) in [5.74, 6) is -0.412. The molecule has 0 aromatic heterocycles. The Labute approximate surface area is 92.6 Å².